The van der Waals surface area contributed by atoms with Crippen LogP contribution < -0.4 is 0 Å². The van der Waals surface area contributed by atoms with Gasteiger partial charge in [0.25, 0.3) is 0 Å². The molecule has 1 aromatic carbocycles. The predicted octanol–water partition coefficient (Wildman–Crippen LogP) is 1.92. The van der Waals surface area contributed by atoms with E-state index in [-0.39, 0.29) is 10.8 Å². The zero-order valence-electron chi connectivity index (χ0n) is 7.87. The van der Waals surface area contributed by atoms with Gasteiger partial charge in [0, 0.05) is 0 Å². The molecule has 0 aliphatic rings. The Hall–Kier alpha value is -1.18. The Bertz CT molecular complexity index is 538. The number of phenols is 1. The summed E-state index contributed by atoms with van der Waals surface area (Å²) in [6.07, 6.45) is 1.44. The molecule has 0 radical (unpaired) electrons. The van der Waals surface area contributed by atoms with E-state index in [0.717, 1.165) is 0 Å². The molecule has 1 atom stereocenters. The van der Waals surface area contributed by atoms with E-state index in [1.807, 2.05) is 0 Å². The standard InChI is InChI=1S/C9H7BrN2O3S/c10-8-5-11-12(9(8)16(14)15)6-1-3-7(13)4-2-6/h1-5,13H,(H,14,15). The lowest BCUT2D eigenvalue weighted by Gasteiger charge is -2.04. The summed E-state index contributed by atoms with van der Waals surface area (Å²) in [4.78, 5) is 0. The van der Waals surface area contributed by atoms with Crippen LogP contribution in [0, 0.1) is 0 Å². The van der Waals surface area contributed by atoms with Crippen LogP contribution in [-0.4, -0.2) is 23.6 Å². The Labute approximate surface area is 102 Å². The van der Waals surface area contributed by atoms with Crippen molar-refractivity contribution in [1.82, 2.24) is 9.78 Å². The summed E-state index contributed by atoms with van der Waals surface area (Å²) < 4.78 is 22.0. The first-order chi connectivity index (χ1) is 7.59. The number of hydrogen-bond acceptors (Lipinski definition) is 3. The van der Waals surface area contributed by atoms with E-state index in [4.69, 9.17) is 9.66 Å². The van der Waals surface area contributed by atoms with Gasteiger partial charge in [0.05, 0.1) is 16.4 Å². The lowest BCUT2D eigenvalue weighted by Crippen LogP contribution is -2.03. The molecule has 0 aliphatic heterocycles. The second-order valence-corrected chi connectivity index (χ2v) is 4.71. The van der Waals surface area contributed by atoms with Crippen molar-refractivity contribution in [3.8, 4) is 11.4 Å². The molecule has 5 nitrogen and oxygen atoms in total. The highest BCUT2D eigenvalue weighted by molar-refractivity contribution is 9.10. The lowest BCUT2D eigenvalue weighted by molar-refractivity contribution is 0.475. The molecule has 2 N–H and O–H groups in total. The van der Waals surface area contributed by atoms with E-state index in [0.29, 0.717) is 10.2 Å². The molecular weight excluding hydrogens is 296 g/mol. The molecule has 0 saturated carbocycles. The van der Waals surface area contributed by atoms with Crippen LogP contribution in [-0.2, 0) is 11.1 Å². The van der Waals surface area contributed by atoms with Crippen LogP contribution >= 0.6 is 15.9 Å². The number of rotatable bonds is 2. The summed E-state index contributed by atoms with van der Waals surface area (Å²) in [6.45, 7) is 0. The van der Waals surface area contributed by atoms with Crippen LogP contribution in [0.4, 0.5) is 0 Å². The molecular formula is C9H7BrN2O3S. The van der Waals surface area contributed by atoms with Gasteiger partial charge in [-0.3, -0.25) is 0 Å². The van der Waals surface area contributed by atoms with Crippen LogP contribution in [0.1, 0.15) is 0 Å². The highest BCUT2D eigenvalue weighted by Crippen LogP contribution is 2.23. The molecule has 0 saturated heterocycles. The zero-order chi connectivity index (χ0) is 11.7. The molecule has 0 fully saturated rings. The van der Waals surface area contributed by atoms with Gasteiger partial charge in [-0.1, -0.05) is 0 Å². The van der Waals surface area contributed by atoms with Gasteiger partial charge in [0.1, 0.15) is 5.75 Å². The minimum absolute atomic E-state index is 0.127. The zero-order valence-corrected chi connectivity index (χ0v) is 10.3. The van der Waals surface area contributed by atoms with Crippen molar-refractivity contribution >= 4 is 27.0 Å². The van der Waals surface area contributed by atoms with Crippen molar-refractivity contribution in [2.45, 2.75) is 5.03 Å². The third-order valence-corrected chi connectivity index (χ3v) is 3.51. The number of nitrogens with zero attached hydrogens (tertiary/aromatic N) is 2. The number of phenolic OH excluding ortho intramolecular Hbond substituents is 1. The van der Waals surface area contributed by atoms with E-state index >= 15 is 0 Å². The monoisotopic (exact) mass is 302 g/mol. The Morgan fingerprint density at radius 3 is 2.50 bits per heavy atom. The molecule has 0 spiro atoms. The predicted molar refractivity (Wildman–Crippen MR) is 62.0 cm³/mol. The molecule has 7 heteroatoms. The molecule has 1 aromatic heterocycles. The summed E-state index contributed by atoms with van der Waals surface area (Å²) >= 11 is 1.01. The van der Waals surface area contributed by atoms with Gasteiger partial charge in [0.15, 0.2) is 5.03 Å². The second-order valence-electron chi connectivity index (χ2n) is 2.98. The maximum atomic E-state index is 11.1. The first-order valence-corrected chi connectivity index (χ1v) is 6.13. The van der Waals surface area contributed by atoms with Crippen LogP contribution in [0.5, 0.6) is 5.75 Å². The van der Waals surface area contributed by atoms with E-state index in [1.165, 1.54) is 23.0 Å². The largest absolute Gasteiger partial charge is 0.508 e. The molecule has 0 amide bonds. The van der Waals surface area contributed by atoms with Crippen LogP contribution in [0.3, 0.4) is 0 Å². The third kappa shape index (κ3) is 2.01. The SMILES string of the molecule is O=S(O)c1c(Br)cnn1-c1ccc(O)cc1. The fraction of sp³-hybridized carbons (Fsp3) is 0. The van der Waals surface area contributed by atoms with E-state index < -0.39 is 11.1 Å². The molecule has 0 aliphatic carbocycles. The van der Waals surface area contributed by atoms with Gasteiger partial charge >= 0.3 is 0 Å². The first kappa shape index (κ1) is 11.3. The topological polar surface area (TPSA) is 75.3 Å². The van der Waals surface area contributed by atoms with Crippen molar-refractivity contribution in [2.24, 2.45) is 0 Å². The third-order valence-electron chi connectivity index (χ3n) is 1.94. The summed E-state index contributed by atoms with van der Waals surface area (Å²) in [7, 11) is 0. The minimum Gasteiger partial charge on any atom is -0.508 e. The highest BCUT2D eigenvalue weighted by Gasteiger charge is 2.15. The first-order valence-electron chi connectivity index (χ1n) is 4.23. The molecule has 1 heterocycles. The van der Waals surface area contributed by atoms with Gasteiger partial charge in [-0.05, 0) is 40.2 Å². The average molecular weight is 303 g/mol. The number of benzene rings is 1. The lowest BCUT2D eigenvalue weighted by atomic mass is 10.3. The maximum absolute atomic E-state index is 11.1. The van der Waals surface area contributed by atoms with Crippen LogP contribution in [0.15, 0.2) is 40.0 Å². The van der Waals surface area contributed by atoms with Gasteiger partial charge in [-0.25, -0.2) is 8.89 Å². The van der Waals surface area contributed by atoms with E-state index in [9.17, 15) is 4.21 Å². The van der Waals surface area contributed by atoms with Crippen LogP contribution in [0.25, 0.3) is 5.69 Å². The fourth-order valence-corrected chi connectivity index (χ4v) is 2.45. The highest BCUT2D eigenvalue weighted by atomic mass is 79.9. The van der Waals surface area contributed by atoms with Crippen molar-refractivity contribution in [3.05, 3.63) is 34.9 Å². The van der Waals surface area contributed by atoms with Gasteiger partial charge in [-0.2, -0.15) is 5.10 Å². The number of halogens is 1. The second kappa shape index (κ2) is 4.36. The molecule has 84 valence electrons. The quantitative estimate of drug-likeness (QED) is 0.831. The Kier molecular flexibility index (Phi) is 3.08. The van der Waals surface area contributed by atoms with Crippen LogP contribution in [0.2, 0.25) is 0 Å². The van der Waals surface area contributed by atoms with Gasteiger partial charge in [-0.15, -0.1) is 0 Å². The van der Waals surface area contributed by atoms with Gasteiger partial charge < -0.3 is 9.66 Å². The van der Waals surface area contributed by atoms with Gasteiger partial charge in [0.2, 0.25) is 11.1 Å². The number of hydrogen-bond donors (Lipinski definition) is 2. The summed E-state index contributed by atoms with van der Waals surface area (Å²) in [5.74, 6) is 0.127. The summed E-state index contributed by atoms with van der Waals surface area (Å²) in [6, 6.07) is 6.17. The normalized spacial score (nSPS) is 12.6. The molecule has 1 unspecified atom stereocenters. The summed E-state index contributed by atoms with van der Waals surface area (Å²) in [5, 5.41) is 13.3. The Morgan fingerprint density at radius 2 is 1.94 bits per heavy atom. The average Bonchev–Trinajstić information content (AvgIpc) is 2.61. The Morgan fingerprint density at radius 1 is 1.31 bits per heavy atom. The minimum atomic E-state index is -2.14. The van der Waals surface area contributed by atoms with E-state index in [2.05, 4.69) is 21.0 Å². The van der Waals surface area contributed by atoms with Crippen molar-refractivity contribution in [1.29, 1.82) is 0 Å². The Balaban J connectivity index is 2.56. The molecule has 2 rings (SSSR count). The number of aromatic hydroxyl groups is 1. The van der Waals surface area contributed by atoms with Crippen molar-refractivity contribution in [3.63, 3.8) is 0 Å². The van der Waals surface area contributed by atoms with Crippen molar-refractivity contribution < 1.29 is 13.9 Å². The van der Waals surface area contributed by atoms with E-state index in [1.54, 1.807) is 12.1 Å². The maximum Gasteiger partial charge on any atom is 0.207 e. The number of aromatic nitrogens is 2. The molecule has 16 heavy (non-hydrogen) atoms. The summed E-state index contributed by atoms with van der Waals surface area (Å²) in [5.41, 5.74) is 0.598. The smallest absolute Gasteiger partial charge is 0.207 e. The molecule has 2 aromatic rings. The fourth-order valence-electron chi connectivity index (χ4n) is 1.25. The van der Waals surface area contributed by atoms with Crippen molar-refractivity contribution in [2.75, 3.05) is 0 Å². The molecule has 0 bridgehead atoms.